The summed E-state index contributed by atoms with van der Waals surface area (Å²) in [6.45, 7) is 11.0. The maximum absolute atomic E-state index is 14.1. The first-order valence-corrected chi connectivity index (χ1v) is 6.57. The molecule has 0 saturated carbocycles. The summed E-state index contributed by atoms with van der Waals surface area (Å²) < 4.78 is 33.6. The van der Waals surface area contributed by atoms with Gasteiger partial charge in [0.05, 0.1) is 11.7 Å². The highest BCUT2D eigenvalue weighted by Gasteiger charge is 2.37. The van der Waals surface area contributed by atoms with Crippen LogP contribution in [0.3, 0.4) is 0 Å². The number of aliphatic hydroxyl groups excluding tert-OH is 1. The molecule has 1 aromatic carbocycles. The van der Waals surface area contributed by atoms with Crippen LogP contribution < -0.4 is 9.64 Å². The van der Waals surface area contributed by atoms with E-state index in [-0.39, 0.29) is 29.7 Å². The zero-order chi connectivity index (χ0) is 15.5. The van der Waals surface area contributed by atoms with Crippen molar-refractivity contribution in [3.05, 3.63) is 53.5 Å². The molecule has 2 heterocycles. The Morgan fingerprint density at radius 3 is 2.71 bits per heavy atom. The van der Waals surface area contributed by atoms with E-state index >= 15 is 0 Å². The minimum Gasteiger partial charge on any atom is -0.508 e. The Bertz CT molecular complexity index is 722. The molecular formula is C16H15F2NO2. The van der Waals surface area contributed by atoms with Crippen molar-refractivity contribution < 1.29 is 18.6 Å². The van der Waals surface area contributed by atoms with Crippen molar-refractivity contribution in [1.29, 1.82) is 0 Å². The molecule has 2 aliphatic heterocycles. The van der Waals surface area contributed by atoms with Crippen LogP contribution in [0.1, 0.15) is 18.1 Å². The standard InChI is InChI=1S/C16H15F2NO2/c1-7-6-21-16-14(18)13(17)9(3)12-8(2)11(10(4)20)5-19(7)15(12)16/h5,7,20H,2,4,6H2,1,3H3/t7-/m0/s1. The molecule has 0 unspecified atom stereocenters. The third kappa shape index (κ3) is 1.70. The summed E-state index contributed by atoms with van der Waals surface area (Å²) in [7, 11) is 0. The van der Waals surface area contributed by atoms with Gasteiger partial charge in [0.15, 0.2) is 11.6 Å². The second kappa shape index (κ2) is 4.35. The largest absolute Gasteiger partial charge is 0.508 e. The zero-order valence-electron chi connectivity index (χ0n) is 11.8. The van der Waals surface area contributed by atoms with Gasteiger partial charge in [-0.25, -0.2) is 4.39 Å². The fourth-order valence-corrected chi connectivity index (χ4v) is 2.81. The second-order valence-corrected chi connectivity index (χ2v) is 5.34. The van der Waals surface area contributed by atoms with Crippen molar-refractivity contribution in [3.63, 3.8) is 0 Å². The molecule has 0 bridgehead atoms. The molecule has 3 rings (SSSR count). The van der Waals surface area contributed by atoms with Crippen LogP contribution in [-0.4, -0.2) is 17.8 Å². The third-order valence-electron chi connectivity index (χ3n) is 3.96. The number of allylic oxidation sites excluding steroid dienone is 1. The molecule has 0 aliphatic carbocycles. The molecule has 0 radical (unpaired) electrons. The quantitative estimate of drug-likeness (QED) is 0.798. The molecule has 5 heteroatoms. The van der Waals surface area contributed by atoms with E-state index < -0.39 is 11.6 Å². The summed E-state index contributed by atoms with van der Waals surface area (Å²) in [4.78, 5) is 1.77. The molecule has 0 spiro atoms. The Morgan fingerprint density at radius 1 is 1.43 bits per heavy atom. The third-order valence-corrected chi connectivity index (χ3v) is 3.96. The van der Waals surface area contributed by atoms with Crippen LogP contribution in [0.25, 0.3) is 5.57 Å². The van der Waals surface area contributed by atoms with Crippen LogP contribution in [0.15, 0.2) is 30.7 Å². The second-order valence-electron chi connectivity index (χ2n) is 5.34. The highest BCUT2D eigenvalue weighted by atomic mass is 19.2. The Morgan fingerprint density at radius 2 is 2.10 bits per heavy atom. The van der Waals surface area contributed by atoms with Gasteiger partial charge in [-0.2, -0.15) is 4.39 Å². The number of hydrogen-bond donors (Lipinski definition) is 1. The highest BCUT2D eigenvalue weighted by molar-refractivity contribution is 5.95. The van der Waals surface area contributed by atoms with E-state index in [4.69, 9.17) is 4.74 Å². The first kappa shape index (κ1) is 13.7. The van der Waals surface area contributed by atoms with Gasteiger partial charge in [-0.05, 0) is 25.0 Å². The van der Waals surface area contributed by atoms with E-state index in [0.29, 0.717) is 22.4 Å². The molecule has 21 heavy (non-hydrogen) atoms. The molecule has 1 N–H and O–H groups in total. The minimum atomic E-state index is -0.990. The molecule has 2 aliphatic rings. The zero-order valence-corrected chi connectivity index (χ0v) is 11.8. The van der Waals surface area contributed by atoms with E-state index in [2.05, 4.69) is 13.2 Å². The van der Waals surface area contributed by atoms with E-state index in [0.717, 1.165) is 0 Å². The van der Waals surface area contributed by atoms with E-state index in [9.17, 15) is 13.9 Å². The summed E-state index contributed by atoms with van der Waals surface area (Å²) in [6, 6.07) is -0.0806. The predicted octanol–water partition coefficient (Wildman–Crippen LogP) is 3.84. The Hall–Kier alpha value is -2.30. The van der Waals surface area contributed by atoms with Crippen LogP contribution in [0.4, 0.5) is 14.5 Å². The average molecular weight is 291 g/mol. The van der Waals surface area contributed by atoms with Gasteiger partial charge >= 0.3 is 0 Å². The maximum Gasteiger partial charge on any atom is 0.203 e. The van der Waals surface area contributed by atoms with Gasteiger partial charge in [0.25, 0.3) is 0 Å². The molecule has 0 amide bonds. The molecule has 110 valence electrons. The summed E-state index contributed by atoms with van der Waals surface area (Å²) >= 11 is 0. The number of benzene rings is 1. The number of rotatable bonds is 1. The van der Waals surface area contributed by atoms with E-state index in [1.807, 2.05) is 6.92 Å². The molecule has 0 aromatic heterocycles. The van der Waals surface area contributed by atoms with Gasteiger partial charge in [-0.1, -0.05) is 13.2 Å². The van der Waals surface area contributed by atoms with Crippen molar-refractivity contribution in [1.82, 2.24) is 0 Å². The lowest BCUT2D eigenvalue weighted by atomic mass is 9.88. The highest BCUT2D eigenvalue weighted by Crippen LogP contribution is 2.49. The predicted molar refractivity (Wildman–Crippen MR) is 77.4 cm³/mol. The first-order valence-electron chi connectivity index (χ1n) is 6.57. The fourth-order valence-electron chi connectivity index (χ4n) is 2.81. The van der Waals surface area contributed by atoms with Gasteiger partial charge in [-0.3, -0.25) is 0 Å². The summed E-state index contributed by atoms with van der Waals surface area (Å²) in [5, 5.41) is 9.73. The maximum atomic E-state index is 14.1. The average Bonchev–Trinajstić information content (AvgIpc) is 2.43. The lowest BCUT2D eigenvalue weighted by Gasteiger charge is -2.40. The molecular weight excluding hydrogens is 276 g/mol. The van der Waals surface area contributed by atoms with Gasteiger partial charge in [0.1, 0.15) is 12.4 Å². The lowest BCUT2D eigenvalue weighted by Crippen LogP contribution is -2.40. The molecule has 0 saturated heterocycles. The van der Waals surface area contributed by atoms with Crippen LogP contribution >= 0.6 is 0 Å². The van der Waals surface area contributed by atoms with Crippen LogP contribution in [0.2, 0.25) is 0 Å². The van der Waals surface area contributed by atoms with Crippen LogP contribution in [0.5, 0.6) is 5.75 Å². The Balaban J connectivity index is 2.38. The fraction of sp³-hybridized carbons (Fsp3) is 0.250. The number of halogens is 2. The normalized spacial score (nSPS) is 19.8. The van der Waals surface area contributed by atoms with Gasteiger partial charge < -0.3 is 14.7 Å². The van der Waals surface area contributed by atoms with Gasteiger partial charge in [-0.15, -0.1) is 0 Å². The smallest absolute Gasteiger partial charge is 0.203 e. The molecule has 1 aromatic rings. The number of anilines is 1. The summed E-state index contributed by atoms with van der Waals surface area (Å²) in [5.74, 6) is -2.21. The van der Waals surface area contributed by atoms with Gasteiger partial charge in [0.2, 0.25) is 5.82 Å². The van der Waals surface area contributed by atoms with Crippen molar-refractivity contribution in [2.24, 2.45) is 0 Å². The molecule has 1 atom stereocenters. The summed E-state index contributed by atoms with van der Waals surface area (Å²) in [5.41, 5.74) is 1.87. The van der Waals surface area contributed by atoms with Crippen molar-refractivity contribution in [2.45, 2.75) is 19.9 Å². The Labute approximate surface area is 121 Å². The minimum absolute atomic E-state index is 0.0806. The number of ether oxygens (including phenoxy) is 1. The molecule has 3 nitrogen and oxygen atoms in total. The number of hydrogen-bond acceptors (Lipinski definition) is 3. The van der Waals surface area contributed by atoms with Crippen molar-refractivity contribution in [3.8, 4) is 5.75 Å². The monoisotopic (exact) mass is 291 g/mol. The number of aliphatic hydroxyl groups is 1. The Kier molecular flexibility index (Phi) is 2.83. The van der Waals surface area contributed by atoms with E-state index in [1.54, 1.807) is 11.1 Å². The first-order chi connectivity index (χ1) is 9.84. The molecule has 0 fully saturated rings. The van der Waals surface area contributed by atoms with Crippen molar-refractivity contribution >= 4 is 11.3 Å². The SMILES string of the molecule is C=C(O)C1=CN2c3c(c(F)c(F)c(C)c3C1=C)OC[C@@H]2C. The van der Waals surface area contributed by atoms with Crippen LogP contribution in [-0.2, 0) is 0 Å². The topological polar surface area (TPSA) is 32.7 Å². The van der Waals surface area contributed by atoms with Crippen LogP contribution in [0, 0.1) is 18.6 Å². The number of nitrogens with zero attached hydrogens (tertiary/aromatic N) is 1. The van der Waals surface area contributed by atoms with Crippen molar-refractivity contribution in [2.75, 3.05) is 11.5 Å². The van der Waals surface area contributed by atoms with Gasteiger partial charge in [0, 0.05) is 17.3 Å². The van der Waals surface area contributed by atoms with E-state index in [1.165, 1.54) is 6.92 Å². The lowest BCUT2D eigenvalue weighted by molar-refractivity contribution is 0.259. The summed E-state index contributed by atoms with van der Waals surface area (Å²) in [6.07, 6.45) is 1.65.